The number of aromatic nitrogens is 2. The van der Waals surface area contributed by atoms with Crippen LogP contribution in [0, 0.1) is 6.92 Å². The molecule has 0 unspecified atom stereocenters. The van der Waals surface area contributed by atoms with Crippen molar-refractivity contribution in [1.82, 2.24) is 10.1 Å². The summed E-state index contributed by atoms with van der Waals surface area (Å²) in [6.07, 6.45) is 0. The van der Waals surface area contributed by atoms with Crippen molar-refractivity contribution in [2.24, 2.45) is 0 Å². The van der Waals surface area contributed by atoms with Gasteiger partial charge in [0.2, 0.25) is 5.82 Å². The van der Waals surface area contributed by atoms with Crippen LogP contribution in [0.5, 0.6) is 5.75 Å². The number of nitrogens with zero attached hydrogens (tertiary/aromatic N) is 2. The zero-order valence-corrected chi connectivity index (χ0v) is 15.2. The van der Waals surface area contributed by atoms with Gasteiger partial charge in [-0.15, -0.1) is 0 Å². The first-order valence-corrected chi connectivity index (χ1v) is 8.64. The Morgan fingerprint density at radius 1 is 1.11 bits per heavy atom. The van der Waals surface area contributed by atoms with Crippen LogP contribution in [0.25, 0.3) is 23.0 Å². The first-order valence-electron chi connectivity index (χ1n) is 8.27. The van der Waals surface area contributed by atoms with Crippen LogP contribution in [0.1, 0.15) is 11.3 Å². The number of furan rings is 1. The molecular weight excluding hydrogens is 366 g/mol. The minimum atomic E-state index is 0.260. The second-order valence-corrected chi connectivity index (χ2v) is 6.39. The lowest BCUT2D eigenvalue weighted by Crippen LogP contribution is -1.93. The number of anilines is 1. The number of hydrogen-bond donors (Lipinski definition) is 1. The first-order chi connectivity index (χ1) is 13.1. The van der Waals surface area contributed by atoms with Crippen LogP contribution in [0.3, 0.4) is 0 Å². The second kappa shape index (κ2) is 7.17. The Hall–Kier alpha value is -3.25. The highest BCUT2D eigenvalue weighted by molar-refractivity contribution is 6.30. The molecule has 0 bridgehead atoms. The predicted octanol–water partition coefficient (Wildman–Crippen LogP) is 5.12. The lowest BCUT2D eigenvalue weighted by Gasteiger charge is -2.03. The van der Waals surface area contributed by atoms with Crippen LogP contribution >= 0.6 is 11.6 Å². The molecule has 0 saturated carbocycles. The fraction of sp³-hybridized carbons (Fsp3) is 0.100. The quantitative estimate of drug-likeness (QED) is 0.483. The molecule has 0 radical (unpaired) electrons. The Morgan fingerprint density at radius 3 is 2.81 bits per heavy atom. The molecule has 136 valence electrons. The maximum Gasteiger partial charge on any atom is 0.293 e. The average Bonchev–Trinajstić information content (AvgIpc) is 3.31. The lowest BCUT2D eigenvalue weighted by molar-refractivity contribution is 0.270. The summed E-state index contributed by atoms with van der Waals surface area (Å²) in [5.41, 5.74) is 8.34. The molecule has 2 aromatic carbocycles. The summed E-state index contributed by atoms with van der Waals surface area (Å²) in [6, 6.07) is 16.3. The third-order valence-electron chi connectivity index (χ3n) is 4.09. The van der Waals surface area contributed by atoms with Crippen molar-refractivity contribution in [2.75, 3.05) is 5.73 Å². The second-order valence-electron chi connectivity index (χ2n) is 5.95. The van der Waals surface area contributed by atoms with Gasteiger partial charge in [0, 0.05) is 16.3 Å². The van der Waals surface area contributed by atoms with Crippen molar-refractivity contribution < 1.29 is 13.7 Å². The zero-order valence-electron chi connectivity index (χ0n) is 14.5. The summed E-state index contributed by atoms with van der Waals surface area (Å²) in [5, 5.41) is 4.64. The monoisotopic (exact) mass is 381 g/mol. The van der Waals surface area contributed by atoms with E-state index in [1.54, 1.807) is 24.3 Å². The normalized spacial score (nSPS) is 10.9. The van der Waals surface area contributed by atoms with Crippen LogP contribution in [-0.4, -0.2) is 10.1 Å². The lowest BCUT2D eigenvalue weighted by atomic mass is 10.1. The van der Waals surface area contributed by atoms with E-state index in [9.17, 15) is 0 Å². The summed E-state index contributed by atoms with van der Waals surface area (Å²) in [4.78, 5) is 4.41. The molecule has 0 fully saturated rings. The largest absolute Gasteiger partial charge is 0.486 e. The third-order valence-corrected chi connectivity index (χ3v) is 4.33. The van der Waals surface area contributed by atoms with E-state index in [1.165, 1.54) is 0 Å². The van der Waals surface area contributed by atoms with Crippen LogP contribution in [0.4, 0.5) is 5.69 Å². The summed E-state index contributed by atoms with van der Waals surface area (Å²) in [6.45, 7) is 2.18. The molecule has 0 amide bonds. The SMILES string of the molecule is Cc1c(N)cccc1-c1noc(-c2ccc(COc3cccc(Cl)c3)o2)n1. The smallest absolute Gasteiger partial charge is 0.293 e. The van der Waals surface area contributed by atoms with E-state index in [1.807, 2.05) is 37.3 Å². The summed E-state index contributed by atoms with van der Waals surface area (Å²) >= 11 is 5.95. The molecule has 2 N–H and O–H groups in total. The molecule has 0 aliphatic carbocycles. The number of ether oxygens (including phenoxy) is 1. The average molecular weight is 382 g/mol. The highest BCUT2D eigenvalue weighted by atomic mass is 35.5. The minimum Gasteiger partial charge on any atom is -0.486 e. The molecule has 6 nitrogen and oxygen atoms in total. The molecular formula is C20H16ClN3O3. The van der Waals surface area contributed by atoms with Gasteiger partial charge >= 0.3 is 0 Å². The number of rotatable bonds is 5. The Balaban J connectivity index is 1.50. The molecule has 0 aliphatic heterocycles. The summed E-state index contributed by atoms with van der Waals surface area (Å²) in [5.74, 6) is 2.52. The predicted molar refractivity (Wildman–Crippen MR) is 102 cm³/mol. The maximum atomic E-state index is 5.95. The van der Waals surface area contributed by atoms with E-state index < -0.39 is 0 Å². The van der Waals surface area contributed by atoms with Gasteiger partial charge in [-0.05, 0) is 48.9 Å². The Bertz CT molecular complexity index is 1090. The van der Waals surface area contributed by atoms with E-state index >= 15 is 0 Å². The summed E-state index contributed by atoms with van der Waals surface area (Å²) in [7, 11) is 0. The molecule has 2 aromatic heterocycles. The molecule has 27 heavy (non-hydrogen) atoms. The van der Waals surface area contributed by atoms with Crippen LogP contribution < -0.4 is 10.5 Å². The molecule has 4 aromatic rings. The Kier molecular flexibility index (Phi) is 4.56. The molecule has 7 heteroatoms. The van der Waals surface area contributed by atoms with E-state index in [-0.39, 0.29) is 6.61 Å². The molecule has 2 heterocycles. The summed E-state index contributed by atoms with van der Waals surface area (Å²) < 4.78 is 16.8. The number of nitrogens with two attached hydrogens (primary N) is 1. The van der Waals surface area contributed by atoms with Gasteiger partial charge < -0.3 is 19.4 Å². The molecule has 0 atom stereocenters. The van der Waals surface area contributed by atoms with Gasteiger partial charge in [0.1, 0.15) is 18.1 Å². The van der Waals surface area contributed by atoms with Crippen molar-refractivity contribution in [3.05, 3.63) is 70.9 Å². The topological polar surface area (TPSA) is 87.3 Å². The van der Waals surface area contributed by atoms with E-state index in [0.717, 1.165) is 11.1 Å². The fourth-order valence-corrected chi connectivity index (χ4v) is 2.79. The maximum absolute atomic E-state index is 5.95. The number of halogens is 1. The van der Waals surface area contributed by atoms with Crippen LogP contribution in [-0.2, 0) is 6.61 Å². The Morgan fingerprint density at radius 2 is 1.96 bits per heavy atom. The van der Waals surface area contributed by atoms with Crippen LogP contribution in [0.15, 0.2) is 63.5 Å². The van der Waals surface area contributed by atoms with Gasteiger partial charge in [0.25, 0.3) is 5.89 Å². The van der Waals surface area contributed by atoms with Gasteiger partial charge in [-0.3, -0.25) is 0 Å². The van der Waals surface area contributed by atoms with Crippen LogP contribution in [0.2, 0.25) is 5.02 Å². The fourth-order valence-electron chi connectivity index (χ4n) is 2.61. The van der Waals surface area contributed by atoms with Gasteiger partial charge in [-0.25, -0.2) is 0 Å². The van der Waals surface area contributed by atoms with Gasteiger partial charge in [-0.2, -0.15) is 4.98 Å². The Labute approximate surface area is 160 Å². The van der Waals surface area contributed by atoms with Gasteiger partial charge in [-0.1, -0.05) is 35.0 Å². The minimum absolute atomic E-state index is 0.260. The van der Waals surface area contributed by atoms with Gasteiger partial charge in [0.05, 0.1) is 0 Å². The molecule has 0 aliphatic rings. The van der Waals surface area contributed by atoms with E-state index in [0.29, 0.717) is 39.7 Å². The molecule has 0 saturated heterocycles. The van der Waals surface area contributed by atoms with Crippen molar-refractivity contribution in [2.45, 2.75) is 13.5 Å². The van der Waals surface area contributed by atoms with Gasteiger partial charge in [0.15, 0.2) is 5.76 Å². The highest BCUT2D eigenvalue weighted by Gasteiger charge is 2.16. The highest BCUT2D eigenvalue weighted by Crippen LogP contribution is 2.28. The van der Waals surface area contributed by atoms with E-state index in [4.69, 9.17) is 31.0 Å². The zero-order chi connectivity index (χ0) is 18.8. The van der Waals surface area contributed by atoms with Crippen molar-refractivity contribution >= 4 is 17.3 Å². The van der Waals surface area contributed by atoms with E-state index in [2.05, 4.69) is 10.1 Å². The van der Waals surface area contributed by atoms with Crippen molar-refractivity contribution in [3.63, 3.8) is 0 Å². The first kappa shape index (κ1) is 17.2. The van der Waals surface area contributed by atoms with Crippen molar-refractivity contribution in [3.8, 4) is 28.8 Å². The molecule has 4 rings (SSSR count). The number of nitrogen functional groups attached to an aromatic ring is 1. The molecule has 0 spiro atoms. The standard InChI is InChI=1S/C20H16ClN3O3/c1-12-16(6-3-7-17(12)22)19-23-20(27-24-19)18-9-8-15(26-18)11-25-14-5-2-4-13(21)10-14/h2-10H,11,22H2,1H3. The number of benzene rings is 2. The number of hydrogen-bond acceptors (Lipinski definition) is 6. The third kappa shape index (κ3) is 3.66. The van der Waals surface area contributed by atoms with Crippen molar-refractivity contribution in [1.29, 1.82) is 0 Å².